The average Bonchev–Trinajstić information content (AvgIpc) is 2.48. The molecule has 116 valence electrons. The summed E-state index contributed by atoms with van der Waals surface area (Å²) in [6, 6.07) is 5.04. The molecule has 1 fully saturated rings. The maximum atomic E-state index is 12.2. The van der Waals surface area contributed by atoms with Gasteiger partial charge in [-0.2, -0.15) is 0 Å². The molecule has 0 aromatic heterocycles. The summed E-state index contributed by atoms with van der Waals surface area (Å²) >= 11 is 11.9. The van der Waals surface area contributed by atoms with Crippen molar-refractivity contribution in [2.45, 2.75) is 25.8 Å². The first kappa shape index (κ1) is 16.4. The minimum atomic E-state index is -0.0450. The number of piperidine rings is 1. The molecule has 1 aromatic rings. The molecule has 1 aromatic carbocycles. The lowest BCUT2D eigenvalue weighted by atomic mass is 9.92. The molecule has 0 aliphatic carbocycles. The Balaban J connectivity index is 1.91. The van der Waals surface area contributed by atoms with E-state index in [0.717, 1.165) is 19.4 Å². The molecular weight excluding hydrogens is 311 g/mol. The molecule has 1 saturated heterocycles. The molecule has 1 heterocycles. The van der Waals surface area contributed by atoms with Crippen LogP contribution in [0.5, 0.6) is 5.75 Å². The predicted molar refractivity (Wildman–Crippen MR) is 84.9 cm³/mol. The molecule has 4 nitrogen and oxygen atoms in total. The monoisotopic (exact) mass is 330 g/mol. The Morgan fingerprint density at radius 3 is 3.00 bits per heavy atom. The molecule has 2 atom stereocenters. The number of nitrogens with two attached hydrogens (primary N) is 1. The van der Waals surface area contributed by atoms with Crippen LogP contribution in [0.2, 0.25) is 10.0 Å². The van der Waals surface area contributed by atoms with Crippen LogP contribution in [0.1, 0.15) is 19.8 Å². The molecule has 2 rings (SSSR count). The van der Waals surface area contributed by atoms with Gasteiger partial charge in [0.15, 0.2) is 6.61 Å². The fraction of sp³-hybridized carbons (Fsp3) is 0.533. The van der Waals surface area contributed by atoms with Gasteiger partial charge >= 0.3 is 0 Å². The van der Waals surface area contributed by atoms with Gasteiger partial charge < -0.3 is 15.4 Å². The van der Waals surface area contributed by atoms with Crippen molar-refractivity contribution >= 4 is 29.1 Å². The van der Waals surface area contributed by atoms with E-state index in [4.69, 9.17) is 33.7 Å². The highest BCUT2D eigenvalue weighted by molar-refractivity contribution is 6.34. The summed E-state index contributed by atoms with van der Waals surface area (Å²) in [5.74, 6) is 0.743. The van der Waals surface area contributed by atoms with Gasteiger partial charge in [-0.15, -0.1) is 0 Å². The quantitative estimate of drug-likeness (QED) is 0.923. The van der Waals surface area contributed by atoms with E-state index in [1.807, 2.05) is 11.8 Å². The zero-order chi connectivity index (χ0) is 15.4. The molecule has 0 saturated carbocycles. The Morgan fingerprint density at radius 1 is 1.52 bits per heavy atom. The number of amides is 1. The average molecular weight is 331 g/mol. The fourth-order valence-corrected chi connectivity index (χ4v) is 2.82. The minimum absolute atomic E-state index is 0.0360. The van der Waals surface area contributed by atoms with Gasteiger partial charge in [-0.05, 0) is 37.8 Å². The van der Waals surface area contributed by atoms with Crippen LogP contribution in [0.3, 0.4) is 0 Å². The van der Waals surface area contributed by atoms with Crippen LogP contribution in [-0.4, -0.2) is 36.5 Å². The summed E-state index contributed by atoms with van der Waals surface area (Å²) < 4.78 is 5.49. The lowest BCUT2D eigenvalue weighted by Crippen LogP contribution is -2.46. The van der Waals surface area contributed by atoms with Crippen LogP contribution in [0.4, 0.5) is 0 Å². The molecule has 0 unspecified atom stereocenters. The van der Waals surface area contributed by atoms with Gasteiger partial charge in [0.25, 0.3) is 5.91 Å². The van der Waals surface area contributed by atoms with E-state index >= 15 is 0 Å². The highest BCUT2D eigenvalue weighted by atomic mass is 35.5. The van der Waals surface area contributed by atoms with Gasteiger partial charge in [0, 0.05) is 30.2 Å². The van der Waals surface area contributed by atoms with Crippen LogP contribution in [0.15, 0.2) is 18.2 Å². The second-order valence-electron chi connectivity index (χ2n) is 5.46. The van der Waals surface area contributed by atoms with Crippen LogP contribution in [-0.2, 0) is 4.79 Å². The van der Waals surface area contributed by atoms with Crippen molar-refractivity contribution < 1.29 is 9.53 Å². The number of rotatable bonds is 4. The first-order valence-electron chi connectivity index (χ1n) is 7.08. The van der Waals surface area contributed by atoms with Crippen molar-refractivity contribution in [2.75, 3.05) is 19.7 Å². The minimum Gasteiger partial charge on any atom is -0.482 e. The van der Waals surface area contributed by atoms with Crippen molar-refractivity contribution in [3.8, 4) is 5.75 Å². The topological polar surface area (TPSA) is 55.6 Å². The van der Waals surface area contributed by atoms with E-state index < -0.39 is 0 Å². The maximum absolute atomic E-state index is 12.2. The lowest BCUT2D eigenvalue weighted by molar-refractivity contribution is -0.135. The standard InChI is InChI=1S/C15H20Cl2N2O2/c1-10(18)11-3-2-6-19(8-11)15(20)9-21-14-7-12(16)4-5-13(14)17/h4-5,7,10-11H,2-3,6,8-9,18H2,1H3/t10-,11+/m0/s1. The number of likely N-dealkylation sites (tertiary alicyclic amines) is 1. The van der Waals surface area contributed by atoms with Crippen molar-refractivity contribution in [3.63, 3.8) is 0 Å². The number of hydrogen-bond acceptors (Lipinski definition) is 3. The van der Waals surface area contributed by atoms with Crippen molar-refractivity contribution in [1.29, 1.82) is 0 Å². The number of carbonyl (C=O) groups is 1. The summed E-state index contributed by atoms with van der Waals surface area (Å²) in [6.07, 6.45) is 2.05. The van der Waals surface area contributed by atoms with E-state index in [2.05, 4.69) is 0 Å². The van der Waals surface area contributed by atoms with Crippen LogP contribution >= 0.6 is 23.2 Å². The lowest BCUT2D eigenvalue weighted by Gasteiger charge is -2.34. The third-order valence-corrected chi connectivity index (χ3v) is 4.35. The van der Waals surface area contributed by atoms with E-state index in [-0.39, 0.29) is 18.6 Å². The SMILES string of the molecule is C[C@H](N)[C@@H]1CCCN(C(=O)COc2cc(Cl)ccc2Cl)C1. The molecule has 0 bridgehead atoms. The van der Waals surface area contributed by atoms with Gasteiger partial charge in [0.1, 0.15) is 5.75 Å². The van der Waals surface area contributed by atoms with Crippen LogP contribution in [0.25, 0.3) is 0 Å². The third-order valence-electron chi connectivity index (χ3n) is 3.80. The maximum Gasteiger partial charge on any atom is 0.260 e. The molecule has 0 spiro atoms. The molecule has 0 radical (unpaired) electrons. The Hall–Kier alpha value is -0.970. The van der Waals surface area contributed by atoms with Crippen LogP contribution in [0, 0.1) is 5.92 Å². The molecule has 21 heavy (non-hydrogen) atoms. The second kappa shape index (κ2) is 7.34. The number of nitrogens with zero attached hydrogens (tertiary/aromatic N) is 1. The highest BCUT2D eigenvalue weighted by Crippen LogP contribution is 2.27. The van der Waals surface area contributed by atoms with Gasteiger partial charge in [-0.1, -0.05) is 23.2 Å². The summed E-state index contributed by atoms with van der Waals surface area (Å²) in [4.78, 5) is 14.0. The normalized spacial score (nSPS) is 20.2. The Morgan fingerprint density at radius 2 is 2.29 bits per heavy atom. The number of ether oxygens (including phenoxy) is 1. The molecule has 2 N–H and O–H groups in total. The van der Waals surface area contributed by atoms with Crippen LogP contribution < -0.4 is 10.5 Å². The fourth-order valence-electron chi connectivity index (χ4n) is 2.48. The summed E-state index contributed by atoms with van der Waals surface area (Å²) in [7, 11) is 0. The van der Waals surface area contributed by atoms with Gasteiger partial charge in [0.2, 0.25) is 0 Å². The first-order valence-corrected chi connectivity index (χ1v) is 7.84. The summed E-state index contributed by atoms with van der Waals surface area (Å²) in [5.41, 5.74) is 5.93. The van der Waals surface area contributed by atoms with Crippen molar-refractivity contribution in [2.24, 2.45) is 11.7 Å². The van der Waals surface area contributed by atoms with E-state index in [0.29, 0.717) is 28.3 Å². The highest BCUT2D eigenvalue weighted by Gasteiger charge is 2.26. The number of hydrogen-bond donors (Lipinski definition) is 1. The van der Waals surface area contributed by atoms with Crippen molar-refractivity contribution in [3.05, 3.63) is 28.2 Å². The molecule has 1 aliphatic heterocycles. The Bertz CT molecular complexity index is 508. The number of benzene rings is 1. The molecule has 1 amide bonds. The smallest absolute Gasteiger partial charge is 0.260 e. The first-order chi connectivity index (χ1) is 9.97. The predicted octanol–water partition coefficient (Wildman–Crippen LogP) is 2.96. The largest absolute Gasteiger partial charge is 0.482 e. The zero-order valence-electron chi connectivity index (χ0n) is 12.0. The third kappa shape index (κ3) is 4.50. The van der Waals surface area contributed by atoms with Gasteiger partial charge in [0.05, 0.1) is 5.02 Å². The zero-order valence-corrected chi connectivity index (χ0v) is 13.5. The summed E-state index contributed by atoms with van der Waals surface area (Å²) in [6.45, 7) is 3.41. The second-order valence-corrected chi connectivity index (χ2v) is 6.31. The van der Waals surface area contributed by atoms with E-state index in [1.165, 1.54) is 0 Å². The summed E-state index contributed by atoms with van der Waals surface area (Å²) in [5, 5.41) is 0.969. The number of carbonyl (C=O) groups excluding carboxylic acids is 1. The van der Waals surface area contributed by atoms with E-state index in [1.54, 1.807) is 18.2 Å². The molecule has 1 aliphatic rings. The Labute approximate surface area is 135 Å². The van der Waals surface area contributed by atoms with E-state index in [9.17, 15) is 4.79 Å². The van der Waals surface area contributed by atoms with Gasteiger partial charge in [-0.3, -0.25) is 4.79 Å². The van der Waals surface area contributed by atoms with Gasteiger partial charge in [-0.25, -0.2) is 0 Å². The molecule has 6 heteroatoms. The van der Waals surface area contributed by atoms with Crippen molar-refractivity contribution in [1.82, 2.24) is 4.90 Å². The number of halogens is 2. The molecular formula is C15H20Cl2N2O2. The Kier molecular flexibility index (Phi) is 5.73.